The van der Waals surface area contributed by atoms with Crippen LogP contribution in [0.1, 0.15) is 44.4 Å². The summed E-state index contributed by atoms with van der Waals surface area (Å²) in [7, 11) is 0. The van der Waals surface area contributed by atoms with Gasteiger partial charge in [0.15, 0.2) is 5.43 Å². The van der Waals surface area contributed by atoms with Gasteiger partial charge in [-0.2, -0.15) is 0 Å². The standard InChI is InChI=1S/C26H20N2O5/c1-14-6-4-8-18(10-14)27-23(17-7-5-9-19(13-17)28(31)32)22-24(29)20-11-15(2)16(3)12-21(20)33-25(22)26(27)30/h4-13,23H,1-3H3. The summed E-state index contributed by atoms with van der Waals surface area (Å²) < 4.78 is 6.02. The Kier molecular flexibility index (Phi) is 4.63. The summed E-state index contributed by atoms with van der Waals surface area (Å²) in [5, 5.41) is 11.8. The fourth-order valence-corrected chi connectivity index (χ4v) is 4.40. The first-order valence-corrected chi connectivity index (χ1v) is 10.5. The minimum Gasteiger partial charge on any atom is -0.450 e. The van der Waals surface area contributed by atoms with Crippen molar-refractivity contribution in [2.24, 2.45) is 0 Å². The number of nitrogens with zero attached hydrogens (tertiary/aromatic N) is 2. The lowest BCUT2D eigenvalue weighted by molar-refractivity contribution is -0.384. The second-order valence-corrected chi connectivity index (χ2v) is 8.38. The minimum atomic E-state index is -0.851. The van der Waals surface area contributed by atoms with Crippen molar-refractivity contribution in [1.82, 2.24) is 0 Å². The lowest BCUT2D eigenvalue weighted by atomic mass is 9.97. The van der Waals surface area contributed by atoms with E-state index in [2.05, 4.69) is 0 Å². The molecule has 33 heavy (non-hydrogen) atoms. The van der Waals surface area contributed by atoms with E-state index in [0.717, 1.165) is 16.7 Å². The molecule has 7 heteroatoms. The molecule has 0 spiro atoms. The molecule has 0 fully saturated rings. The van der Waals surface area contributed by atoms with E-state index in [4.69, 9.17) is 4.42 Å². The van der Waals surface area contributed by atoms with E-state index in [9.17, 15) is 19.7 Å². The summed E-state index contributed by atoms with van der Waals surface area (Å²) in [6.45, 7) is 5.72. The van der Waals surface area contributed by atoms with Gasteiger partial charge in [-0.3, -0.25) is 24.6 Å². The predicted molar refractivity (Wildman–Crippen MR) is 125 cm³/mol. The number of amides is 1. The molecule has 1 unspecified atom stereocenters. The first-order valence-electron chi connectivity index (χ1n) is 10.5. The molecule has 2 heterocycles. The average Bonchev–Trinajstić information content (AvgIpc) is 3.08. The molecule has 4 aromatic rings. The maximum Gasteiger partial charge on any atom is 0.295 e. The zero-order valence-electron chi connectivity index (χ0n) is 18.3. The highest BCUT2D eigenvalue weighted by atomic mass is 16.6. The van der Waals surface area contributed by atoms with Gasteiger partial charge in [0.2, 0.25) is 5.76 Å². The molecule has 1 aliphatic rings. The number of hydrogen-bond donors (Lipinski definition) is 0. The highest BCUT2D eigenvalue weighted by Gasteiger charge is 2.44. The summed E-state index contributed by atoms with van der Waals surface area (Å²) >= 11 is 0. The van der Waals surface area contributed by atoms with Crippen LogP contribution in [0.4, 0.5) is 11.4 Å². The van der Waals surface area contributed by atoms with E-state index < -0.39 is 16.9 Å². The van der Waals surface area contributed by atoms with Crippen LogP contribution >= 0.6 is 0 Å². The summed E-state index contributed by atoms with van der Waals surface area (Å²) in [6, 6.07) is 16.1. The van der Waals surface area contributed by atoms with Crippen LogP contribution in [0.3, 0.4) is 0 Å². The third kappa shape index (κ3) is 3.20. The van der Waals surface area contributed by atoms with Crippen LogP contribution in [-0.4, -0.2) is 10.8 Å². The number of anilines is 1. The maximum atomic E-state index is 13.7. The van der Waals surface area contributed by atoms with Crippen molar-refractivity contribution in [1.29, 1.82) is 0 Å². The van der Waals surface area contributed by atoms with Crippen molar-refractivity contribution in [3.8, 4) is 0 Å². The largest absolute Gasteiger partial charge is 0.450 e. The smallest absolute Gasteiger partial charge is 0.295 e. The zero-order valence-corrected chi connectivity index (χ0v) is 18.3. The molecular weight excluding hydrogens is 420 g/mol. The second-order valence-electron chi connectivity index (χ2n) is 8.38. The van der Waals surface area contributed by atoms with Crippen LogP contribution in [0.2, 0.25) is 0 Å². The van der Waals surface area contributed by atoms with Crippen LogP contribution in [0.5, 0.6) is 0 Å². The monoisotopic (exact) mass is 440 g/mol. The van der Waals surface area contributed by atoms with Gasteiger partial charge in [0, 0.05) is 17.8 Å². The van der Waals surface area contributed by atoms with Crippen LogP contribution in [0.15, 0.2) is 69.9 Å². The number of rotatable bonds is 3. The van der Waals surface area contributed by atoms with E-state index in [1.54, 1.807) is 30.3 Å². The molecule has 0 radical (unpaired) electrons. The molecule has 0 bridgehead atoms. The molecule has 1 aliphatic heterocycles. The number of non-ortho nitro benzene ring substituents is 1. The van der Waals surface area contributed by atoms with Crippen molar-refractivity contribution in [3.05, 3.63) is 115 Å². The molecule has 7 nitrogen and oxygen atoms in total. The first kappa shape index (κ1) is 20.6. The number of nitro groups is 1. The number of fused-ring (bicyclic) bond motifs is 2. The Labute approximate surface area is 189 Å². The number of carbonyl (C=O) groups is 1. The summed E-state index contributed by atoms with van der Waals surface area (Å²) in [4.78, 5) is 39.7. The van der Waals surface area contributed by atoms with E-state index in [1.807, 2.05) is 39.0 Å². The van der Waals surface area contributed by atoms with E-state index in [-0.39, 0.29) is 22.4 Å². The Morgan fingerprint density at radius 3 is 2.39 bits per heavy atom. The van der Waals surface area contributed by atoms with Crippen LogP contribution in [-0.2, 0) is 0 Å². The van der Waals surface area contributed by atoms with Gasteiger partial charge in [0.05, 0.1) is 21.9 Å². The topological polar surface area (TPSA) is 93.7 Å². The maximum absolute atomic E-state index is 13.7. The van der Waals surface area contributed by atoms with Gasteiger partial charge in [0.1, 0.15) is 5.58 Å². The number of aryl methyl sites for hydroxylation is 3. The Bertz CT molecular complexity index is 1540. The van der Waals surface area contributed by atoms with Gasteiger partial charge in [-0.15, -0.1) is 0 Å². The van der Waals surface area contributed by atoms with Gasteiger partial charge >= 0.3 is 0 Å². The second kappa shape index (κ2) is 7.41. The van der Waals surface area contributed by atoms with Gasteiger partial charge in [-0.05, 0) is 67.3 Å². The van der Waals surface area contributed by atoms with Crippen molar-refractivity contribution in [3.63, 3.8) is 0 Å². The molecule has 0 aliphatic carbocycles. The van der Waals surface area contributed by atoms with Crippen LogP contribution in [0, 0.1) is 30.9 Å². The Morgan fingerprint density at radius 2 is 1.67 bits per heavy atom. The molecule has 0 saturated carbocycles. The number of carbonyl (C=O) groups excluding carboxylic acids is 1. The Morgan fingerprint density at radius 1 is 0.939 bits per heavy atom. The van der Waals surface area contributed by atoms with E-state index in [0.29, 0.717) is 22.2 Å². The normalized spacial score (nSPS) is 15.2. The average molecular weight is 440 g/mol. The fraction of sp³-hybridized carbons (Fsp3) is 0.154. The van der Waals surface area contributed by atoms with Crippen molar-refractivity contribution < 1.29 is 14.1 Å². The van der Waals surface area contributed by atoms with Gasteiger partial charge in [-0.25, -0.2) is 0 Å². The Hall–Kier alpha value is -4.26. The van der Waals surface area contributed by atoms with Crippen molar-refractivity contribution >= 4 is 28.3 Å². The molecule has 164 valence electrons. The lowest BCUT2D eigenvalue weighted by Crippen LogP contribution is -2.29. The summed E-state index contributed by atoms with van der Waals surface area (Å²) in [5.41, 5.74) is 3.97. The van der Waals surface area contributed by atoms with Gasteiger partial charge in [0.25, 0.3) is 11.6 Å². The fourth-order valence-electron chi connectivity index (χ4n) is 4.40. The van der Waals surface area contributed by atoms with Gasteiger partial charge < -0.3 is 4.42 Å². The molecule has 5 rings (SSSR count). The van der Waals surface area contributed by atoms with E-state index >= 15 is 0 Å². The first-order chi connectivity index (χ1) is 15.8. The third-order valence-corrected chi connectivity index (χ3v) is 6.16. The lowest BCUT2D eigenvalue weighted by Gasteiger charge is -2.25. The number of benzene rings is 3. The molecule has 0 N–H and O–H groups in total. The summed E-state index contributed by atoms with van der Waals surface area (Å²) in [5.74, 6) is -0.488. The minimum absolute atomic E-state index is 0.0336. The molecule has 0 saturated heterocycles. The SMILES string of the molecule is Cc1cccc(N2C(=O)c3oc4cc(C)c(C)cc4c(=O)c3C2c2cccc([N+](=O)[O-])c2)c1. The zero-order chi connectivity index (χ0) is 23.4. The quantitative estimate of drug-likeness (QED) is 0.315. The van der Waals surface area contributed by atoms with Crippen molar-refractivity contribution in [2.45, 2.75) is 26.8 Å². The van der Waals surface area contributed by atoms with Crippen LogP contribution < -0.4 is 10.3 Å². The van der Waals surface area contributed by atoms with Crippen LogP contribution in [0.25, 0.3) is 11.0 Å². The third-order valence-electron chi connectivity index (χ3n) is 6.16. The molecule has 1 aromatic heterocycles. The molecular formula is C26H20N2O5. The highest BCUT2D eigenvalue weighted by molar-refractivity contribution is 6.10. The van der Waals surface area contributed by atoms with Gasteiger partial charge in [-0.1, -0.05) is 24.3 Å². The predicted octanol–water partition coefficient (Wildman–Crippen LogP) is 5.38. The summed E-state index contributed by atoms with van der Waals surface area (Å²) in [6.07, 6.45) is 0. The number of nitro benzene ring substituents is 1. The van der Waals surface area contributed by atoms with Crippen molar-refractivity contribution in [2.75, 3.05) is 4.90 Å². The Balaban J connectivity index is 1.84. The molecule has 1 amide bonds. The molecule has 3 aromatic carbocycles. The highest BCUT2D eigenvalue weighted by Crippen LogP contribution is 2.42. The van der Waals surface area contributed by atoms with E-state index in [1.165, 1.54) is 17.0 Å². The molecule has 1 atom stereocenters. The number of hydrogen-bond acceptors (Lipinski definition) is 5.